The van der Waals surface area contributed by atoms with Crippen molar-refractivity contribution in [2.24, 2.45) is 7.05 Å². The smallest absolute Gasteiger partial charge is 0.402 e. The highest BCUT2D eigenvalue weighted by atomic mass is 32.3. The number of imidazole rings is 2. The van der Waals surface area contributed by atoms with Gasteiger partial charge in [-0.05, 0) is 6.92 Å². The quantitative estimate of drug-likeness (QED) is 0.203. The number of rotatable bonds is 2. The van der Waals surface area contributed by atoms with Gasteiger partial charge in [0, 0.05) is 12.1 Å². The molecule has 4 aromatic heterocycles. The van der Waals surface area contributed by atoms with Gasteiger partial charge >= 0.3 is 11.6 Å². The number of aromatic amines is 1. The predicted molar refractivity (Wildman–Crippen MR) is 106 cm³/mol. The number of hydrogen-bond acceptors (Lipinski definition) is 10. The topological polar surface area (TPSA) is 187 Å². The van der Waals surface area contributed by atoms with Crippen LogP contribution in [0, 0.1) is 6.92 Å². The first-order valence-electron chi connectivity index (χ1n) is 8.48. The van der Waals surface area contributed by atoms with E-state index < -0.39 is 20.8 Å². The van der Waals surface area contributed by atoms with Gasteiger partial charge in [-0.1, -0.05) is 9.97 Å². The average Bonchev–Trinajstić information content (AvgIpc) is 3.32. The van der Waals surface area contributed by atoms with Crippen LogP contribution in [-0.2, 0) is 36.2 Å². The van der Waals surface area contributed by atoms with Crippen molar-refractivity contribution >= 4 is 32.4 Å². The fourth-order valence-electron chi connectivity index (χ4n) is 2.00. The van der Waals surface area contributed by atoms with Gasteiger partial charge < -0.3 is 9.11 Å². The highest BCUT2D eigenvalue weighted by Gasteiger charge is 2.04. The third kappa shape index (κ3) is 9.86. The first-order chi connectivity index (χ1) is 14.9. The Morgan fingerprint density at radius 3 is 2.03 bits per heavy atom. The molecular weight excluding hydrogens is 468 g/mol. The van der Waals surface area contributed by atoms with E-state index in [0.29, 0.717) is 0 Å². The fourth-order valence-corrected chi connectivity index (χ4v) is 2.00. The van der Waals surface area contributed by atoms with Gasteiger partial charge in [0.2, 0.25) is 20.8 Å². The molecule has 0 fully saturated rings. The van der Waals surface area contributed by atoms with Gasteiger partial charge in [0.15, 0.2) is 0 Å². The molecule has 0 amide bonds. The minimum Gasteiger partial charge on any atom is -0.726 e. The van der Waals surface area contributed by atoms with Crippen LogP contribution in [0.4, 0.5) is 0 Å². The molecule has 0 atom stereocenters. The number of hydrogen-bond donors (Lipinski definition) is 1. The maximum Gasteiger partial charge on any atom is 0.402 e. The molecule has 176 valence electrons. The molecule has 0 aliphatic heterocycles. The molecule has 0 saturated heterocycles. The molecule has 1 N–H and O–H groups in total. The van der Waals surface area contributed by atoms with Crippen molar-refractivity contribution in [3.05, 3.63) is 61.2 Å². The summed E-state index contributed by atoms with van der Waals surface area (Å²) in [6.45, 7) is 2.03. The van der Waals surface area contributed by atoms with Crippen LogP contribution in [0.5, 0.6) is 0 Å². The Kier molecular flexibility index (Phi) is 10.2. The molecule has 0 aromatic carbocycles. The normalized spacial score (nSPS) is 10.9. The Morgan fingerprint density at radius 2 is 1.53 bits per heavy atom. The van der Waals surface area contributed by atoms with Gasteiger partial charge in [-0.15, -0.1) is 0 Å². The Hall–Kier alpha value is -3.02. The van der Waals surface area contributed by atoms with Gasteiger partial charge in [0.05, 0.1) is 46.1 Å². The van der Waals surface area contributed by atoms with Gasteiger partial charge in [-0.3, -0.25) is 8.37 Å². The molecule has 0 spiro atoms. The van der Waals surface area contributed by atoms with Crippen molar-refractivity contribution in [3.63, 3.8) is 0 Å². The molecular formula is C16H22N6O8S2. The standard InChI is InChI=1S/C7H8N3.C7H7N3.2CH4O4S/c1-9-5-6-10-4-2-3-8-7(9)10;1-6-5-9-7-8-3-2-4-10(6)7;2*1-5-6(2,3)4/h2-6H,1H3;2-5H,1H3;2*1H3,(H,2,3,4)/q+1;;;/p-1. The maximum atomic E-state index is 9.22. The summed E-state index contributed by atoms with van der Waals surface area (Å²) in [7, 11) is -5.23. The lowest BCUT2D eigenvalue weighted by Gasteiger charge is -1.98. The fraction of sp³-hybridized carbons (Fsp3) is 0.250. The molecule has 0 aliphatic rings. The summed E-state index contributed by atoms with van der Waals surface area (Å²) >= 11 is 0. The maximum absolute atomic E-state index is 9.22. The minimum atomic E-state index is -4.41. The molecule has 16 heteroatoms. The zero-order chi connectivity index (χ0) is 24.4. The van der Waals surface area contributed by atoms with Gasteiger partial charge in [-0.2, -0.15) is 0 Å². The summed E-state index contributed by atoms with van der Waals surface area (Å²) in [5, 5.41) is 0. The second kappa shape index (κ2) is 12.1. The van der Waals surface area contributed by atoms with Crippen molar-refractivity contribution in [2.75, 3.05) is 14.2 Å². The van der Waals surface area contributed by atoms with E-state index >= 15 is 0 Å². The van der Waals surface area contributed by atoms with Crippen molar-refractivity contribution in [2.45, 2.75) is 6.92 Å². The van der Waals surface area contributed by atoms with Crippen LogP contribution < -0.4 is 8.97 Å². The largest absolute Gasteiger partial charge is 0.726 e. The third-order valence-corrected chi connectivity index (χ3v) is 4.28. The van der Waals surface area contributed by atoms with Crippen molar-refractivity contribution < 1.29 is 43.3 Å². The monoisotopic (exact) mass is 490 g/mol. The number of aromatic nitrogens is 6. The average molecular weight is 491 g/mol. The predicted octanol–water partition coefficient (Wildman–Crippen LogP) is -1.20. The van der Waals surface area contributed by atoms with Crippen molar-refractivity contribution in [3.8, 4) is 0 Å². The second-order valence-electron chi connectivity index (χ2n) is 5.63. The summed E-state index contributed by atoms with van der Waals surface area (Å²) in [5.74, 6) is 1.85. The Labute approximate surface area is 184 Å². The zero-order valence-electron chi connectivity index (χ0n) is 17.5. The molecule has 0 aliphatic carbocycles. The van der Waals surface area contributed by atoms with E-state index in [1.54, 1.807) is 12.4 Å². The van der Waals surface area contributed by atoms with Crippen molar-refractivity contribution in [1.29, 1.82) is 0 Å². The summed E-state index contributed by atoms with van der Waals surface area (Å²) < 4.78 is 68.0. The number of fused-ring (bicyclic) bond motifs is 2. The van der Waals surface area contributed by atoms with Gasteiger partial charge in [-0.25, -0.2) is 35.2 Å². The Morgan fingerprint density at radius 1 is 0.969 bits per heavy atom. The van der Waals surface area contributed by atoms with E-state index in [9.17, 15) is 25.9 Å². The van der Waals surface area contributed by atoms with Crippen LogP contribution >= 0.6 is 0 Å². The zero-order valence-corrected chi connectivity index (χ0v) is 19.1. The van der Waals surface area contributed by atoms with Crippen LogP contribution in [0.2, 0.25) is 0 Å². The first-order valence-corrected chi connectivity index (χ1v) is 11.1. The molecule has 32 heavy (non-hydrogen) atoms. The van der Waals surface area contributed by atoms with Crippen LogP contribution in [0.25, 0.3) is 11.6 Å². The van der Waals surface area contributed by atoms with E-state index in [1.807, 2.05) is 70.5 Å². The molecule has 4 heterocycles. The molecule has 0 bridgehead atoms. The van der Waals surface area contributed by atoms with Gasteiger partial charge in [0.1, 0.15) is 24.3 Å². The number of nitrogens with one attached hydrogen (secondary N) is 1. The third-order valence-electron chi connectivity index (χ3n) is 3.46. The van der Waals surface area contributed by atoms with Crippen LogP contribution in [0.3, 0.4) is 0 Å². The number of H-pyrrole nitrogens is 1. The Balaban J connectivity index is 0.000000222. The minimum absolute atomic E-state index is 0.808. The van der Waals surface area contributed by atoms with E-state index in [2.05, 4.69) is 23.3 Å². The summed E-state index contributed by atoms with van der Waals surface area (Å²) in [5.41, 5.74) is 1.17. The Bertz CT molecular complexity index is 1230. The lowest BCUT2D eigenvalue weighted by molar-refractivity contribution is -0.646. The summed E-state index contributed by atoms with van der Waals surface area (Å²) in [6.07, 6.45) is 13.4. The summed E-state index contributed by atoms with van der Waals surface area (Å²) in [6, 6.07) is 3.82. The molecule has 0 radical (unpaired) electrons. The molecule has 14 nitrogen and oxygen atoms in total. The highest BCUT2D eigenvalue weighted by Crippen LogP contribution is 1.90. The molecule has 0 unspecified atom stereocenters. The lowest BCUT2D eigenvalue weighted by atomic mass is 10.5. The molecule has 4 aromatic rings. The second-order valence-corrected chi connectivity index (χ2v) is 7.93. The molecule has 0 saturated carbocycles. The first kappa shape index (κ1) is 27.0. The highest BCUT2D eigenvalue weighted by molar-refractivity contribution is 7.81. The van der Waals surface area contributed by atoms with Crippen LogP contribution in [0.15, 0.2) is 55.5 Å². The van der Waals surface area contributed by atoms with E-state index in [-0.39, 0.29) is 0 Å². The van der Waals surface area contributed by atoms with Gasteiger partial charge in [0.25, 0.3) is 0 Å². The lowest BCUT2D eigenvalue weighted by Crippen LogP contribution is -2.26. The van der Waals surface area contributed by atoms with E-state index in [4.69, 9.17) is 0 Å². The number of nitrogens with zero attached hydrogens (tertiary/aromatic N) is 5. The summed E-state index contributed by atoms with van der Waals surface area (Å²) in [4.78, 5) is 11.3. The van der Waals surface area contributed by atoms with E-state index in [0.717, 1.165) is 25.8 Å². The van der Waals surface area contributed by atoms with E-state index in [1.165, 1.54) is 5.69 Å². The number of aryl methyl sites for hydroxylation is 2. The van der Waals surface area contributed by atoms with Crippen LogP contribution in [-0.4, -0.2) is 59.5 Å². The van der Waals surface area contributed by atoms with Crippen LogP contribution in [0.1, 0.15) is 5.69 Å². The molecule has 4 rings (SSSR count). The SMILES string of the molecule is COS(=O)(=O)[O-].COS(=O)(=O)[O-].C[n+]1ccn2cccnc21.Cc1c[nH]c2nccc[n+]12. The van der Waals surface area contributed by atoms with Crippen molar-refractivity contribution in [1.82, 2.24) is 19.4 Å².